The highest BCUT2D eigenvalue weighted by atomic mass is 32.2. The maximum Gasteiger partial charge on any atom is 0.256 e. The summed E-state index contributed by atoms with van der Waals surface area (Å²) in [5.74, 6) is 0.111. The van der Waals surface area contributed by atoms with Gasteiger partial charge in [0.2, 0.25) is 0 Å². The Morgan fingerprint density at radius 1 is 1.26 bits per heavy atom. The van der Waals surface area contributed by atoms with E-state index in [-0.39, 0.29) is 11.7 Å². The number of hydrogen-bond acceptors (Lipinski definition) is 4. The maximum atomic E-state index is 12.2. The molecule has 120 valence electrons. The van der Waals surface area contributed by atoms with Crippen LogP contribution in [0.2, 0.25) is 0 Å². The quantitative estimate of drug-likeness (QED) is 0.900. The monoisotopic (exact) mass is 331 g/mol. The number of aryl methyl sites for hydroxylation is 1. The van der Waals surface area contributed by atoms with Crippen LogP contribution in [0.5, 0.6) is 0 Å². The number of carbonyl (C=O) groups excluding carboxylic acids is 1. The van der Waals surface area contributed by atoms with Gasteiger partial charge in [0.15, 0.2) is 0 Å². The largest absolute Gasteiger partial charge is 0.348 e. The average molecular weight is 331 g/mol. The van der Waals surface area contributed by atoms with E-state index in [4.69, 9.17) is 0 Å². The summed E-state index contributed by atoms with van der Waals surface area (Å²) in [5, 5.41) is 2.86. The third-order valence-corrected chi connectivity index (χ3v) is 4.82. The van der Waals surface area contributed by atoms with Crippen molar-refractivity contribution >= 4 is 21.8 Å². The predicted molar refractivity (Wildman–Crippen MR) is 88.2 cm³/mol. The zero-order valence-electron chi connectivity index (χ0n) is 12.7. The molecule has 0 aliphatic carbocycles. The van der Waals surface area contributed by atoms with Crippen LogP contribution in [0.15, 0.2) is 52.6 Å². The number of fused-ring (bicyclic) bond motifs is 1. The first-order valence-corrected chi connectivity index (χ1v) is 8.87. The van der Waals surface area contributed by atoms with Crippen molar-refractivity contribution in [3.05, 3.63) is 59.3 Å². The number of hydrogen-bond donors (Lipinski definition) is 1. The molecule has 0 bridgehead atoms. The molecule has 2 aliphatic rings. The Morgan fingerprint density at radius 2 is 2.00 bits per heavy atom. The van der Waals surface area contributed by atoms with Gasteiger partial charge in [0, 0.05) is 19.3 Å². The Morgan fingerprint density at radius 3 is 2.74 bits per heavy atom. The summed E-state index contributed by atoms with van der Waals surface area (Å²) in [5.41, 5.74) is 2.68. The van der Waals surface area contributed by atoms with Gasteiger partial charge in [0.25, 0.3) is 15.9 Å². The van der Waals surface area contributed by atoms with E-state index in [9.17, 15) is 13.2 Å². The van der Waals surface area contributed by atoms with Crippen molar-refractivity contribution < 1.29 is 13.2 Å². The summed E-state index contributed by atoms with van der Waals surface area (Å²) >= 11 is 0. The Balaban J connectivity index is 1.66. The number of amidine groups is 1. The van der Waals surface area contributed by atoms with E-state index < -0.39 is 10.0 Å². The van der Waals surface area contributed by atoms with E-state index in [0.29, 0.717) is 24.5 Å². The summed E-state index contributed by atoms with van der Waals surface area (Å²) < 4.78 is 26.6. The molecule has 0 radical (unpaired) electrons. The second-order valence-corrected chi connectivity index (χ2v) is 7.27. The third-order valence-electron chi connectivity index (χ3n) is 3.66. The Bertz CT molecular complexity index is 821. The van der Waals surface area contributed by atoms with Crippen molar-refractivity contribution in [2.75, 3.05) is 12.3 Å². The third kappa shape index (κ3) is 3.68. The molecule has 1 N–H and O–H groups in total. The van der Waals surface area contributed by atoms with Gasteiger partial charge in [0.05, 0.1) is 11.3 Å². The first-order chi connectivity index (χ1) is 10.9. The zero-order chi connectivity index (χ0) is 16.4. The van der Waals surface area contributed by atoms with Gasteiger partial charge >= 0.3 is 0 Å². The lowest BCUT2D eigenvalue weighted by Crippen LogP contribution is -2.38. The highest BCUT2D eigenvalue weighted by Crippen LogP contribution is 2.16. The van der Waals surface area contributed by atoms with Gasteiger partial charge < -0.3 is 10.2 Å². The number of carbonyl (C=O) groups is 1. The molecule has 0 saturated carbocycles. The lowest BCUT2D eigenvalue weighted by molar-refractivity contribution is -0.117. The van der Waals surface area contributed by atoms with Crippen LogP contribution in [0.4, 0.5) is 0 Å². The highest BCUT2D eigenvalue weighted by Gasteiger charge is 2.24. The van der Waals surface area contributed by atoms with E-state index >= 15 is 0 Å². The standard InChI is InChI=1S/C16H17N3O3S/c1-12-2-4-13(5-3-12)10-17-16(20)14-6-7-15-18-23(21,22)9-8-19(15)11-14/h2-7,11H,8-10H2,1H3,(H,17,20). The summed E-state index contributed by atoms with van der Waals surface area (Å²) in [6.45, 7) is 2.76. The molecule has 23 heavy (non-hydrogen) atoms. The molecule has 7 heteroatoms. The average Bonchev–Trinajstić information content (AvgIpc) is 2.53. The SMILES string of the molecule is Cc1ccc(CNC(=O)C2=CN3CCS(=O)(=O)N=C3C=C2)cc1. The van der Waals surface area contributed by atoms with Crippen molar-refractivity contribution in [1.29, 1.82) is 0 Å². The first-order valence-electron chi connectivity index (χ1n) is 7.26. The summed E-state index contributed by atoms with van der Waals surface area (Å²) in [6.07, 6.45) is 4.77. The lowest BCUT2D eigenvalue weighted by Gasteiger charge is -2.26. The number of benzene rings is 1. The summed E-state index contributed by atoms with van der Waals surface area (Å²) in [6, 6.07) is 7.94. The second kappa shape index (κ2) is 6.00. The molecule has 2 heterocycles. The Hall–Kier alpha value is -2.41. The molecule has 0 atom stereocenters. The minimum atomic E-state index is -3.38. The fraction of sp³-hybridized carbons (Fsp3) is 0.250. The van der Waals surface area contributed by atoms with Gasteiger partial charge in [-0.05, 0) is 24.6 Å². The smallest absolute Gasteiger partial charge is 0.256 e. The predicted octanol–water partition coefficient (Wildman–Crippen LogP) is 1.11. The minimum Gasteiger partial charge on any atom is -0.348 e. The second-order valence-electron chi connectivity index (χ2n) is 5.51. The van der Waals surface area contributed by atoms with Crippen molar-refractivity contribution in [3.63, 3.8) is 0 Å². The van der Waals surface area contributed by atoms with Crippen LogP contribution in [0.25, 0.3) is 0 Å². The van der Waals surface area contributed by atoms with Gasteiger partial charge in [-0.15, -0.1) is 4.40 Å². The molecule has 0 spiro atoms. The topological polar surface area (TPSA) is 78.8 Å². The molecule has 2 aliphatic heterocycles. The summed E-state index contributed by atoms with van der Waals surface area (Å²) in [4.78, 5) is 13.9. The van der Waals surface area contributed by atoms with Gasteiger partial charge in [0.1, 0.15) is 5.84 Å². The molecule has 0 aromatic heterocycles. The number of nitrogens with zero attached hydrogens (tertiary/aromatic N) is 2. The fourth-order valence-corrected chi connectivity index (χ4v) is 3.30. The Kier molecular flexibility index (Phi) is 4.04. The van der Waals surface area contributed by atoms with Crippen LogP contribution in [0, 0.1) is 6.92 Å². The number of amides is 1. The van der Waals surface area contributed by atoms with E-state index in [1.165, 1.54) is 5.56 Å². The van der Waals surface area contributed by atoms with Crippen molar-refractivity contribution in [3.8, 4) is 0 Å². The van der Waals surface area contributed by atoms with E-state index in [0.717, 1.165) is 5.56 Å². The molecule has 0 saturated heterocycles. The van der Waals surface area contributed by atoms with Crippen LogP contribution in [0.3, 0.4) is 0 Å². The molecule has 1 aromatic rings. The van der Waals surface area contributed by atoms with Crippen LogP contribution < -0.4 is 5.32 Å². The molecule has 0 fully saturated rings. The molecule has 1 aromatic carbocycles. The van der Waals surface area contributed by atoms with Crippen molar-refractivity contribution in [1.82, 2.24) is 10.2 Å². The van der Waals surface area contributed by atoms with Crippen LogP contribution >= 0.6 is 0 Å². The summed E-state index contributed by atoms with van der Waals surface area (Å²) in [7, 11) is -3.38. The minimum absolute atomic E-state index is 0.0426. The van der Waals surface area contributed by atoms with E-state index in [2.05, 4.69) is 9.71 Å². The number of rotatable bonds is 3. The van der Waals surface area contributed by atoms with Gasteiger partial charge in [-0.3, -0.25) is 4.79 Å². The van der Waals surface area contributed by atoms with E-state index in [1.54, 1.807) is 23.3 Å². The molecular weight excluding hydrogens is 314 g/mol. The number of nitrogens with one attached hydrogen (secondary N) is 1. The molecule has 0 unspecified atom stereocenters. The van der Waals surface area contributed by atoms with Crippen LogP contribution in [-0.4, -0.2) is 37.4 Å². The maximum absolute atomic E-state index is 12.2. The van der Waals surface area contributed by atoms with Crippen molar-refractivity contribution in [2.45, 2.75) is 13.5 Å². The van der Waals surface area contributed by atoms with Crippen LogP contribution in [0.1, 0.15) is 11.1 Å². The van der Waals surface area contributed by atoms with Gasteiger partial charge in [-0.25, -0.2) is 8.42 Å². The fourth-order valence-electron chi connectivity index (χ4n) is 2.33. The first kappa shape index (κ1) is 15.5. The molecule has 6 nitrogen and oxygen atoms in total. The molecule has 1 amide bonds. The zero-order valence-corrected chi connectivity index (χ0v) is 13.5. The van der Waals surface area contributed by atoms with Crippen molar-refractivity contribution in [2.24, 2.45) is 4.40 Å². The van der Waals surface area contributed by atoms with Gasteiger partial charge in [-0.2, -0.15) is 0 Å². The van der Waals surface area contributed by atoms with Gasteiger partial charge in [-0.1, -0.05) is 29.8 Å². The Labute approximate surface area is 135 Å². The molecular formula is C16H17N3O3S. The number of sulfonamides is 1. The lowest BCUT2D eigenvalue weighted by atomic mass is 10.1. The molecule has 3 rings (SSSR count). The normalized spacial score (nSPS) is 18.7. The van der Waals surface area contributed by atoms with Crippen LogP contribution in [-0.2, 0) is 21.4 Å². The highest BCUT2D eigenvalue weighted by molar-refractivity contribution is 7.90. The van der Waals surface area contributed by atoms with E-state index in [1.807, 2.05) is 31.2 Å².